The largest absolute Gasteiger partial charge is 0.238 e. The highest BCUT2D eigenvalue weighted by Gasteiger charge is 2.03. The molecule has 0 saturated carbocycles. The molecule has 2 rings (SSSR count). The van der Waals surface area contributed by atoms with Crippen molar-refractivity contribution in [2.75, 3.05) is 0 Å². The molecule has 2 heterocycles. The minimum absolute atomic E-state index is 0.693. The van der Waals surface area contributed by atoms with Gasteiger partial charge in [0.25, 0.3) is 0 Å². The molecule has 74 valence electrons. The standard InChI is InChI=1S/C13H11NS/c1-3-10-6-5-7-12(14-10)13-9-8-11(4-2)15-13/h1,5-9H,4H2,2H3. The third-order valence-corrected chi connectivity index (χ3v) is 3.41. The second-order valence-corrected chi connectivity index (χ2v) is 4.34. The number of hydrogen-bond donors (Lipinski definition) is 0. The second kappa shape index (κ2) is 4.29. The molecule has 2 heteroatoms. The van der Waals surface area contributed by atoms with Gasteiger partial charge in [-0.1, -0.05) is 18.9 Å². The third-order valence-electron chi connectivity index (χ3n) is 2.16. The molecule has 0 amide bonds. The van der Waals surface area contributed by atoms with Gasteiger partial charge in [-0.2, -0.15) is 0 Å². The van der Waals surface area contributed by atoms with Crippen molar-refractivity contribution in [1.82, 2.24) is 4.98 Å². The Kier molecular flexibility index (Phi) is 2.84. The lowest BCUT2D eigenvalue weighted by Crippen LogP contribution is -1.84. The van der Waals surface area contributed by atoms with E-state index in [1.807, 2.05) is 18.2 Å². The Hall–Kier alpha value is -1.59. The first-order chi connectivity index (χ1) is 7.33. The van der Waals surface area contributed by atoms with Crippen molar-refractivity contribution < 1.29 is 0 Å². The van der Waals surface area contributed by atoms with E-state index in [-0.39, 0.29) is 0 Å². The number of aromatic nitrogens is 1. The summed E-state index contributed by atoms with van der Waals surface area (Å²) in [6, 6.07) is 10.0. The Bertz CT molecular complexity index is 505. The van der Waals surface area contributed by atoms with Gasteiger partial charge >= 0.3 is 0 Å². The van der Waals surface area contributed by atoms with Gasteiger partial charge in [0.2, 0.25) is 0 Å². The van der Waals surface area contributed by atoms with Crippen LogP contribution in [0, 0.1) is 12.3 Å². The lowest BCUT2D eigenvalue weighted by Gasteiger charge is -1.96. The fourth-order valence-corrected chi connectivity index (χ4v) is 2.28. The molecule has 0 aromatic carbocycles. The zero-order valence-corrected chi connectivity index (χ0v) is 9.34. The summed E-state index contributed by atoms with van der Waals surface area (Å²) in [5.41, 5.74) is 1.66. The predicted octanol–water partition coefficient (Wildman–Crippen LogP) is 3.35. The first-order valence-corrected chi connectivity index (χ1v) is 5.68. The quantitative estimate of drug-likeness (QED) is 0.697. The molecule has 0 saturated heterocycles. The molecule has 0 atom stereocenters. The molecule has 2 aromatic rings. The van der Waals surface area contributed by atoms with Crippen molar-refractivity contribution in [3.63, 3.8) is 0 Å². The van der Waals surface area contributed by atoms with E-state index in [1.54, 1.807) is 11.3 Å². The molecule has 0 radical (unpaired) electrons. The second-order valence-electron chi connectivity index (χ2n) is 3.17. The fourth-order valence-electron chi connectivity index (χ4n) is 1.36. The van der Waals surface area contributed by atoms with E-state index in [0.29, 0.717) is 5.69 Å². The molecule has 0 unspecified atom stereocenters. The number of pyridine rings is 1. The van der Waals surface area contributed by atoms with Crippen molar-refractivity contribution in [2.24, 2.45) is 0 Å². The maximum absolute atomic E-state index is 5.32. The van der Waals surface area contributed by atoms with Crippen molar-refractivity contribution in [3.8, 4) is 22.9 Å². The van der Waals surface area contributed by atoms with Crippen LogP contribution in [0.2, 0.25) is 0 Å². The van der Waals surface area contributed by atoms with Gasteiger partial charge in [-0.25, -0.2) is 4.98 Å². The number of aryl methyl sites for hydroxylation is 1. The number of rotatable bonds is 2. The van der Waals surface area contributed by atoms with Gasteiger partial charge in [0.15, 0.2) is 0 Å². The van der Waals surface area contributed by atoms with Gasteiger partial charge < -0.3 is 0 Å². The number of thiophene rings is 1. The number of nitrogens with zero attached hydrogens (tertiary/aromatic N) is 1. The minimum atomic E-state index is 0.693. The summed E-state index contributed by atoms with van der Waals surface area (Å²) in [6.45, 7) is 2.15. The van der Waals surface area contributed by atoms with Crippen molar-refractivity contribution in [3.05, 3.63) is 40.9 Å². The van der Waals surface area contributed by atoms with Crippen LogP contribution in [-0.4, -0.2) is 4.98 Å². The van der Waals surface area contributed by atoms with Crippen LogP contribution in [0.3, 0.4) is 0 Å². The molecule has 0 aliphatic rings. The third kappa shape index (κ3) is 2.08. The van der Waals surface area contributed by atoms with Crippen LogP contribution < -0.4 is 0 Å². The molecule has 1 nitrogen and oxygen atoms in total. The zero-order valence-electron chi connectivity index (χ0n) is 8.53. The average Bonchev–Trinajstić information content (AvgIpc) is 2.78. The van der Waals surface area contributed by atoms with Gasteiger partial charge in [0.05, 0.1) is 10.6 Å². The van der Waals surface area contributed by atoms with E-state index in [2.05, 4.69) is 30.0 Å². The van der Waals surface area contributed by atoms with Crippen molar-refractivity contribution >= 4 is 11.3 Å². The first-order valence-electron chi connectivity index (χ1n) is 4.86. The van der Waals surface area contributed by atoms with Gasteiger partial charge in [-0.15, -0.1) is 17.8 Å². The van der Waals surface area contributed by atoms with Gasteiger partial charge in [0, 0.05) is 4.88 Å². The lowest BCUT2D eigenvalue weighted by atomic mass is 10.2. The van der Waals surface area contributed by atoms with E-state index < -0.39 is 0 Å². The van der Waals surface area contributed by atoms with Gasteiger partial charge in [0.1, 0.15) is 5.69 Å². The van der Waals surface area contributed by atoms with Crippen LogP contribution >= 0.6 is 11.3 Å². The molecule has 0 bridgehead atoms. The van der Waals surface area contributed by atoms with Crippen LogP contribution in [0.1, 0.15) is 17.5 Å². The highest BCUT2D eigenvalue weighted by molar-refractivity contribution is 7.15. The molecule has 2 aromatic heterocycles. The van der Waals surface area contributed by atoms with Crippen LogP contribution in [0.4, 0.5) is 0 Å². The van der Waals surface area contributed by atoms with E-state index in [9.17, 15) is 0 Å². The van der Waals surface area contributed by atoms with E-state index in [0.717, 1.165) is 12.1 Å². The van der Waals surface area contributed by atoms with Crippen molar-refractivity contribution in [2.45, 2.75) is 13.3 Å². The van der Waals surface area contributed by atoms with Crippen LogP contribution in [-0.2, 0) is 6.42 Å². The summed E-state index contributed by atoms with van der Waals surface area (Å²) < 4.78 is 0. The summed E-state index contributed by atoms with van der Waals surface area (Å²) in [5, 5.41) is 0. The summed E-state index contributed by atoms with van der Waals surface area (Å²) >= 11 is 1.77. The molecule has 0 fully saturated rings. The molecule has 0 aliphatic carbocycles. The maximum atomic E-state index is 5.32. The Morgan fingerprint density at radius 1 is 1.33 bits per heavy atom. The predicted molar refractivity (Wildman–Crippen MR) is 64.9 cm³/mol. The SMILES string of the molecule is C#Cc1cccc(-c2ccc(CC)s2)n1. The van der Waals surface area contributed by atoms with Crippen LogP contribution in [0.25, 0.3) is 10.6 Å². The Morgan fingerprint density at radius 3 is 2.87 bits per heavy atom. The van der Waals surface area contributed by atoms with Gasteiger partial charge in [-0.05, 0) is 30.7 Å². The van der Waals surface area contributed by atoms with Crippen LogP contribution in [0.15, 0.2) is 30.3 Å². The Balaban J connectivity index is 2.41. The minimum Gasteiger partial charge on any atom is -0.238 e. The highest BCUT2D eigenvalue weighted by Crippen LogP contribution is 2.26. The van der Waals surface area contributed by atoms with Crippen molar-refractivity contribution in [1.29, 1.82) is 0 Å². The maximum Gasteiger partial charge on any atom is 0.113 e. The zero-order chi connectivity index (χ0) is 10.7. The normalized spacial score (nSPS) is 9.87. The first kappa shape index (κ1) is 9.95. The fraction of sp³-hybridized carbons (Fsp3) is 0.154. The molecule has 0 N–H and O–H groups in total. The van der Waals surface area contributed by atoms with Gasteiger partial charge in [-0.3, -0.25) is 0 Å². The Labute approximate surface area is 93.8 Å². The molecular formula is C13H11NS. The Morgan fingerprint density at radius 2 is 2.20 bits per heavy atom. The monoisotopic (exact) mass is 213 g/mol. The number of terminal acetylenes is 1. The number of hydrogen-bond acceptors (Lipinski definition) is 2. The molecule has 15 heavy (non-hydrogen) atoms. The molecular weight excluding hydrogens is 202 g/mol. The summed E-state index contributed by atoms with van der Waals surface area (Å²) in [6.07, 6.45) is 6.39. The highest BCUT2D eigenvalue weighted by atomic mass is 32.1. The van der Waals surface area contributed by atoms with E-state index >= 15 is 0 Å². The molecule has 0 aliphatic heterocycles. The van der Waals surface area contributed by atoms with E-state index in [4.69, 9.17) is 6.42 Å². The van der Waals surface area contributed by atoms with Crippen LogP contribution in [0.5, 0.6) is 0 Å². The smallest absolute Gasteiger partial charge is 0.113 e. The average molecular weight is 213 g/mol. The summed E-state index contributed by atoms with van der Waals surface area (Å²) in [5.74, 6) is 2.55. The summed E-state index contributed by atoms with van der Waals surface area (Å²) in [7, 11) is 0. The molecule has 0 spiro atoms. The topological polar surface area (TPSA) is 12.9 Å². The summed E-state index contributed by atoms with van der Waals surface area (Å²) in [4.78, 5) is 6.94. The van der Waals surface area contributed by atoms with E-state index in [1.165, 1.54) is 9.75 Å². The lowest BCUT2D eigenvalue weighted by molar-refractivity contribution is 1.19.